The molecule has 4 nitrogen and oxygen atoms in total. The number of carbonyl (C=O) groups excluding carboxylic acids is 1. The van der Waals surface area contributed by atoms with Crippen LogP contribution in [-0.2, 0) is 4.79 Å². The Morgan fingerprint density at radius 2 is 1.87 bits per heavy atom. The molecule has 0 atom stereocenters. The number of hydrogen-bond donors (Lipinski definition) is 1. The van der Waals surface area contributed by atoms with Crippen LogP contribution in [0.15, 0.2) is 52.6 Å². The Balaban J connectivity index is 2.48. The van der Waals surface area contributed by atoms with Crippen molar-refractivity contribution < 1.29 is 10.0 Å². The largest absolute Gasteiger partial charge is 0.410 e. The van der Waals surface area contributed by atoms with E-state index in [0.29, 0.717) is 11.4 Å². The molecule has 0 radical (unpaired) electrons. The van der Waals surface area contributed by atoms with Crippen LogP contribution in [0.5, 0.6) is 0 Å². The molecule has 4 heteroatoms. The molecule has 1 amide bonds. The van der Waals surface area contributed by atoms with Gasteiger partial charge in [0.2, 0.25) is 0 Å². The number of amides is 1. The first-order chi connectivity index (χ1) is 7.31. The van der Waals surface area contributed by atoms with Crippen LogP contribution in [0.2, 0.25) is 0 Å². The van der Waals surface area contributed by atoms with Crippen LogP contribution in [0.25, 0.3) is 0 Å². The summed E-state index contributed by atoms with van der Waals surface area (Å²) in [5.41, 5.74) is 1.44. The highest BCUT2D eigenvalue weighted by Gasteiger charge is 2.15. The van der Waals surface area contributed by atoms with Gasteiger partial charge < -0.3 is 5.21 Å². The summed E-state index contributed by atoms with van der Waals surface area (Å²) in [7, 11) is 0. The van der Waals surface area contributed by atoms with E-state index in [1.807, 2.05) is 18.2 Å². The number of nitrogens with zero attached hydrogens (tertiary/aromatic N) is 2. The fraction of sp³-hybridized carbons (Fsp3) is 0. The Bertz CT molecular complexity index is 473. The molecule has 1 aromatic rings. The monoisotopic (exact) mass is 200 g/mol. The van der Waals surface area contributed by atoms with E-state index < -0.39 is 0 Å². The molecule has 0 unspecified atom stereocenters. The van der Waals surface area contributed by atoms with E-state index in [-0.39, 0.29) is 5.91 Å². The molecular weight excluding hydrogens is 192 g/mol. The second kappa shape index (κ2) is 3.88. The molecule has 0 aromatic heterocycles. The van der Waals surface area contributed by atoms with Crippen LogP contribution in [0.1, 0.15) is 5.56 Å². The van der Waals surface area contributed by atoms with Crippen molar-refractivity contribution in [1.82, 2.24) is 0 Å². The van der Waals surface area contributed by atoms with Gasteiger partial charge >= 0.3 is 0 Å². The molecule has 1 aliphatic heterocycles. The number of oxime groups is 1. The Morgan fingerprint density at radius 3 is 2.53 bits per heavy atom. The summed E-state index contributed by atoms with van der Waals surface area (Å²) in [5.74, 6) is -0.346. The van der Waals surface area contributed by atoms with E-state index in [4.69, 9.17) is 5.21 Å². The SMILES string of the molecule is O=C1C=C/C(=N/O)C(c2ccccc2)=N1. The van der Waals surface area contributed by atoms with E-state index >= 15 is 0 Å². The third-order valence-corrected chi connectivity index (χ3v) is 2.00. The van der Waals surface area contributed by atoms with Crippen molar-refractivity contribution in [3.8, 4) is 0 Å². The van der Waals surface area contributed by atoms with Gasteiger partial charge in [-0.05, 0) is 6.08 Å². The minimum Gasteiger partial charge on any atom is -0.410 e. The lowest BCUT2D eigenvalue weighted by molar-refractivity contribution is -0.113. The Labute approximate surface area is 86.3 Å². The minimum atomic E-state index is -0.346. The predicted molar refractivity (Wildman–Crippen MR) is 56.3 cm³/mol. The summed E-state index contributed by atoms with van der Waals surface area (Å²) in [6.07, 6.45) is 2.71. The number of aliphatic imine (C=N–C) groups is 1. The molecule has 0 aliphatic carbocycles. The van der Waals surface area contributed by atoms with Gasteiger partial charge in [0.05, 0.1) is 0 Å². The van der Waals surface area contributed by atoms with Crippen LogP contribution >= 0.6 is 0 Å². The van der Waals surface area contributed by atoms with Gasteiger partial charge in [-0.2, -0.15) is 0 Å². The zero-order chi connectivity index (χ0) is 10.7. The molecule has 15 heavy (non-hydrogen) atoms. The minimum absolute atomic E-state index is 0.292. The number of rotatable bonds is 1. The first-order valence-electron chi connectivity index (χ1n) is 4.40. The molecule has 2 rings (SSSR count). The zero-order valence-corrected chi connectivity index (χ0v) is 7.79. The van der Waals surface area contributed by atoms with Crippen LogP contribution in [0, 0.1) is 0 Å². The number of carbonyl (C=O) groups is 1. The summed E-state index contributed by atoms with van der Waals surface area (Å²) in [6.45, 7) is 0. The van der Waals surface area contributed by atoms with Gasteiger partial charge in [0.25, 0.3) is 5.91 Å². The topological polar surface area (TPSA) is 62.0 Å². The first kappa shape index (κ1) is 9.33. The van der Waals surface area contributed by atoms with Gasteiger partial charge in [-0.25, -0.2) is 4.99 Å². The van der Waals surface area contributed by atoms with Crippen LogP contribution in [-0.4, -0.2) is 22.5 Å². The highest BCUT2D eigenvalue weighted by atomic mass is 16.4. The fourth-order valence-electron chi connectivity index (χ4n) is 1.32. The molecular formula is C11H8N2O2. The van der Waals surface area contributed by atoms with Gasteiger partial charge in [-0.3, -0.25) is 4.79 Å². The molecule has 1 N–H and O–H groups in total. The van der Waals surface area contributed by atoms with E-state index in [0.717, 1.165) is 5.56 Å². The lowest BCUT2D eigenvalue weighted by atomic mass is 10.0. The average Bonchev–Trinajstić information content (AvgIpc) is 2.30. The van der Waals surface area contributed by atoms with Crippen LogP contribution in [0.4, 0.5) is 0 Å². The van der Waals surface area contributed by atoms with E-state index in [1.165, 1.54) is 12.2 Å². The molecule has 0 spiro atoms. The number of benzene rings is 1. The van der Waals surface area contributed by atoms with Gasteiger partial charge in [0, 0.05) is 11.6 Å². The normalized spacial score (nSPS) is 18.0. The Kier molecular flexibility index (Phi) is 2.41. The van der Waals surface area contributed by atoms with Crippen molar-refractivity contribution in [3.05, 3.63) is 48.0 Å². The average molecular weight is 200 g/mol. The molecule has 0 fully saturated rings. The quantitative estimate of drug-likeness (QED) is 0.550. The van der Waals surface area contributed by atoms with Crippen molar-refractivity contribution in [2.45, 2.75) is 0 Å². The summed E-state index contributed by atoms with van der Waals surface area (Å²) < 4.78 is 0. The maximum absolute atomic E-state index is 11.1. The zero-order valence-electron chi connectivity index (χ0n) is 7.79. The predicted octanol–water partition coefficient (Wildman–Crippen LogP) is 1.40. The molecule has 0 bridgehead atoms. The third kappa shape index (κ3) is 1.83. The van der Waals surface area contributed by atoms with Gasteiger partial charge in [0.15, 0.2) is 0 Å². The maximum atomic E-state index is 11.1. The Hall–Kier alpha value is -2.23. The summed E-state index contributed by atoms with van der Waals surface area (Å²) in [5, 5.41) is 11.8. The van der Waals surface area contributed by atoms with Gasteiger partial charge in [-0.15, -0.1) is 0 Å². The van der Waals surface area contributed by atoms with E-state index in [1.54, 1.807) is 12.1 Å². The standard InChI is InChI=1S/C11H8N2O2/c14-10-7-6-9(13-15)11(12-10)8-4-2-1-3-5-8/h1-7,15H/b13-9-. The second-order valence-electron chi connectivity index (χ2n) is 2.98. The Morgan fingerprint density at radius 1 is 1.13 bits per heavy atom. The maximum Gasteiger partial charge on any atom is 0.270 e. The highest BCUT2D eigenvalue weighted by Crippen LogP contribution is 2.07. The number of hydrogen-bond acceptors (Lipinski definition) is 3. The van der Waals surface area contributed by atoms with Crippen molar-refractivity contribution in [2.24, 2.45) is 10.1 Å². The fourth-order valence-corrected chi connectivity index (χ4v) is 1.32. The summed E-state index contributed by atoms with van der Waals surface area (Å²) in [4.78, 5) is 14.9. The van der Waals surface area contributed by atoms with Crippen molar-refractivity contribution in [1.29, 1.82) is 0 Å². The van der Waals surface area contributed by atoms with Crippen LogP contribution in [0.3, 0.4) is 0 Å². The second-order valence-corrected chi connectivity index (χ2v) is 2.98. The summed E-state index contributed by atoms with van der Waals surface area (Å²) in [6, 6.07) is 9.12. The first-order valence-corrected chi connectivity index (χ1v) is 4.40. The molecule has 1 aliphatic rings. The van der Waals surface area contributed by atoms with E-state index in [2.05, 4.69) is 10.1 Å². The van der Waals surface area contributed by atoms with Gasteiger partial charge in [0.1, 0.15) is 11.4 Å². The molecule has 0 saturated carbocycles. The smallest absolute Gasteiger partial charge is 0.270 e. The van der Waals surface area contributed by atoms with Crippen LogP contribution < -0.4 is 0 Å². The third-order valence-electron chi connectivity index (χ3n) is 2.00. The number of allylic oxidation sites excluding steroid dienone is 1. The lowest BCUT2D eigenvalue weighted by Gasteiger charge is -2.07. The van der Waals surface area contributed by atoms with Gasteiger partial charge in [-0.1, -0.05) is 35.5 Å². The molecule has 74 valence electrons. The van der Waals surface area contributed by atoms with Crippen molar-refractivity contribution in [2.75, 3.05) is 0 Å². The molecule has 1 heterocycles. The molecule has 1 aromatic carbocycles. The lowest BCUT2D eigenvalue weighted by Crippen LogP contribution is -2.19. The summed E-state index contributed by atoms with van der Waals surface area (Å²) >= 11 is 0. The molecule has 0 saturated heterocycles. The number of dihydropyridines is 1. The van der Waals surface area contributed by atoms with Crippen molar-refractivity contribution >= 4 is 17.3 Å². The van der Waals surface area contributed by atoms with Crippen molar-refractivity contribution in [3.63, 3.8) is 0 Å². The van der Waals surface area contributed by atoms with E-state index in [9.17, 15) is 4.79 Å². The highest BCUT2D eigenvalue weighted by molar-refractivity contribution is 6.54.